The van der Waals surface area contributed by atoms with Gasteiger partial charge in [0.15, 0.2) is 17.3 Å². The van der Waals surface area contributed by atoms with Crippen molar-refractivity contribution in [3.8, 4) is 40.1 Å². The summed E-state index contributed by atoms with van der Waals surface area (Å²) in [6, 6.07) is 6.04. The first-order chi connectivity index (χ1) is 15.3. The number of hydrogen-bond acceptors (Lipinski definition) is 7. The van der Waals surface area contributed by atoms with Crippen molar-refractivity contribution in [3.05, 3.63) is 40.1 Å². The van der Waals surface area contributed by atoms with E-state index in [4.69, 9.17) is 4.42 Å². The third-order valence-electron chi connectivity index (χ3n) is 5.72. The number of hydrogen-bond donors (Lipinski definition) is 5. The first-order valence-corrected chi connectivity index (χ1v) is 11.1. The lowest BCUT2D eigenvalue weighted by atomic mass is 10.0. The standard InChI is InChI=1S/C25H30O7/c1-2-3-4-5-6-7-8-9-10-15-11-12-16-19(13-15)32-25(24(31)20(16)27)17-14-18(26)22(29)23(30)21(17)28/h11-14,26,28-31H,2-10H2,1H3. The Kier molecular flexibility index (Phi) is 7.51. The Bertz CT molecular complexity index is 1150. The van der Waals surface area contributed by atoms with E-state index in [1.165, 1.54) is 38.5 Å². The van der Waals surface area contributed by atoms with E-state index in [1.807, 2.05) is 6.07 Å². The van der Waals surface area contributed by atoms with Crippen LogP contribution in [0.1, 0.15) is 63.9 Å². The molecule has 0 radical (unpaired) electrons. The lowest BCUT2D eigenvalue weighted by Gasteiger charge is -2.11. The van der Waals surface area contributed by atoms with Crippen molar-refractivity contribution in [1.29, 1.82) is 0 Å². The number of aryl methyl sites for hydroxylation is 1. The second kappa shape index (κ2) is 10.3. The van der Waals surface area contributed by atoms with Crippen molar-refractivity contribution in [2.75, 3.05) is 0 Å². The fourth-order valence-electron chi connectivity index (χ4n) is 3.84. The molecule has 0 saturated carbocycles. The van der Waals surface area contributed by atoms with Gasteiger partial charge < -0.3 is 29.9 Å². The van der Waals surface area contributed by atoms with Crippen LogP contribution in [0.15, 0.2) is 33.5 Å². The monoisotopic (exact) mass is 442 g/mol. The van der Waals surface area contributed by atoms with Crippen LogP contribution in [0.3, 0.4) is 0 Å². The first-order valence-electron chi connectivity index (χ1n) is 11.1. The fraction of sp³-hybridized carbons (Fsp3) is 0.400. The number of rotatable bonds is 10. The van der Waals surface area contributed by atoms with Gasteiger partial charge in [0.25, 0.3) is 0 Å². The van der Waals surface area contributed by atoms with E-state index in [-0.39, 0.29) is 16.5 Å². The van der Waals surface area contributed by atoms with Gasteiger partial charge in [-0.1, -0.05) is 57.9 Å². The van der Waals surface area contributed by atoms with Crippen LogP contribution in [0.25, 0.3) is 22.3 Å². The molecular formula is C25H30O7. The molecule has 0 aliphatic rings. The highest BCUT2D eigenvalue weighted by Gasteiger charge is 2.23. The van der Waals surface area contributed by atoms with Crippen LogP contribution in [0.4, 0.5) is 0 Å². The van der Waals surface area contributed by atoms with Crippen LogP contribution in [0, 0.1) is 0 Å². The van der Waals surface area contributed by atoms with Gasteiger partial charge in [-0.15, -0.1) is 0 Å². The van der Waals surface area contributed by atoms with Gasteiger partial charge in [-0.3, -0.25) is 4.79 Å². The van der Waals surface area contributed by atoms with Crippen molar-refractivity contribution in [2.45, 2.75) is 64.7 Å². The summed E-state index contributed by atoms with van der Waals surface area (Å²) in [4.78, 5) is 12.6. The zero-order valence-corrected chi connectivity index (χ0v) is 18.2. The maximum absolute atomic E-state index is 12.6. The summed E-state index contributed by atoms with van der Waals surface area (Å²) in [5, 5.41) is 49.7. The minimum absolute atomic E-state index is 0.178. The average Bonchev–Trinajstić information content (AvgIpc) is 2.79. The number of unbranched alkanes of at least 4 members (excludes halogenated alkanes) is 7. The number of fused-ring (bicyclic) bond motifs is 1. The molecule has 0 unspecified atom stereocenters. The summed E-state index contributed by atoms with van der Waals surface area (Å²) in [5.74, 6) is -4.64. The molecule has 3 rings (SSSR count). The highest BCUT2D eigenvalue weighted by molar-refractivity contribution is 5.85. The quantitative estimate of drug-likeness (QED) is 0.155. The molecule has 3 aromatic rings. The lowest BCUT2D eigenvalue weighted by molar-refractivity contribution is 0.346. The first kappa shape index (κ1) is 23.3. The third kappa shape index (κ3) is 4.93. The fourth-order valence-corrected chi connectivity index (χ4v) is 3.84. The highest BCUT2D eigenvalue weighted by Crippen LogP contribution is 2.49. The molecule has 0 saturated heterocycles. The Morgan fingerprint density at radius 2 is 1.41 bits per heavy atom. The van der Waals surface area contributed by atoms with Crippen molar-refractivity contribution >= 4 is 11.0 Å². The van der Waals surface area contributed by atoms with Crippen LogP contribution < -0.4 is 5.43 Å². The van der Waals surface area contributed by atoms with Gasteiger partial charge in [-0.25, -0.2) is 0 Å². The van der Waals surface area contributed by atoms with Crippen LogP contribution >= 0.6 is 0 Å². The van der Waals surface area contributed by atoms with E-state index in [0.29, 0.717) is 0 Å². The van der Waals surface area contributed by atoms with Gasteiger partial charge in [0.1, 0.15) is 5.58 Å². The van der Waals surface area contributed by atoms with E-state index < -0.39 is 39.9 Å². The van der Waals surface area contributed by atoms with Gasteiger partial charge in [0, 0.05) is 0 Å². The van der Waals surface area contributed by atoms with Crippen molar-refractivity contribution in [3.63, 3.8) is 0 Å². The molecule has 172 valence electrons. The van der Waals surface area contributed by atoms with Gasteiger partial charge >= 0.3 is 0 Å². The average molecular weight is 443 g/mol. The molecule has 32 heavy (non-hydrogen) atoms. The SMILES string of the molecule is CCCCCCCCCCc1ccc2c(=O)c(O)c(-c3cc(O)c(O)c(O)c3O)oc2c1. The molecule has 0 aliphatic heterocycles. The molecule has 0 fully saturated rings. The minimum atomic E-state index is -0.981. The van der Waals surface area contributed by atoms with Gasteiger partial charge in [-0.2, -0.15) is 0 Å². The van der Waals surface area contributed by atoms with Crippen molar-refractivity contribution in [2.24, 2.45) is 0 Å². The molecular weight excluding hydrogens is 412 g/mol. The second-order valence-corrected chi connectivity index (χ2v) is 8.15. The minimum Gasteiger partial charge on any atom is -0.504 e. The molecule has 1 aromatic heterocycles. The zero-order chi connectivity index (χ0) is 23.3. The third-order valence-corrected chi connectivity index (χ3v) is 5.72. The smallest absolute Gasteiger partial charge is 0.235 e. The van der Waals surface area contributed by atoms with E-state index in [1.54, 1.807) is 12.1 Å². The molecule has 0 amide bonds. The number of benzene rings is 2. The topological polar surface area (TPSA) is 131 Å². The molecule has 0 spiro atoms. The molecule has 7 nitrogen and oxygen atoms in total. The second-order valence-electron chi connectivity index (χ2n) is 8.15. The molecule has 5 N–H and O–H groups in total. The Labute approximate surface area is 186 Å². The lowest BCUT2D eigenvalue weighted by Crippen LogP contribution is -2.03. The highest BCUT2D eigenvalue weighted by atomic mass is 16.4. The van der Waals surface area contributed by atoms with E-state index in [2.05, 4.69) is 6.92 Å². The predicted octanol–water partition coefficient (Wildman–Crippen LogP) is 5.67. The normalized spacial score (nSPS) is 11.3. The van der Waals surface area contributed by atoms with Gasteiger partial charge in [0.2, 0.25) is 22.7 Å². The molecule has 0 aliphatic carbocycles. The Balaban J connectivity index is 1.81. The van der Waals surface area contributed by atoms with Crippen LogP contribution in [0.5, 0.6) is 28.7 Å². The molecule has 1 heterocycles. The summed E-state index contributed by atoms with van der Waals surface area (Å²) in [6.07, 6.45) is 10.5. The molecule has 0 atom stereocenters. The largest absolute Gasteiger partial charge is 0.504 e. The zero-order valence-electron chi connectivity index (χ0n) is 18.2. The number of phenolic OH excluding ortho intramolecular Hbond substituents is 4. The molecule has 2 aromatic carbocycles. The summed E-state index contributed by atoms with van der Waals surface area (Å²) in [6.45, 7) is 2.21. The van der Waals surface area contributed by atoms with Gasteiger partial charge in [-0.05, 0) is 36.6 Å². The summed E-state index contributed by atoms with van der Waals surface area (Å²) in [5.41, 5.74) is 0.171. The maximum Gasteiger partial charge on any atom is 0.235 e. The number of phenols is 4. The summed E-state index contributed by atoms with van der Waals surface area (Å²) < 4.78 is 5.70. The predicted molar refractivity (Wildman–Crippen MR) is 123 cm³/mol. The maximum atomic E-state index is 12.6. The van der Waals surface area contributed by atoms with Crippen LogP contribution in [-0.2, 0) is 6.42 Å². The summed E-state index contributed by atoms with van der Waals surface area (Å²) in [7, 11) is 0. The van der Waals surface area contributed by atoms with Gasteiger partial charge in [0.05, 0.1) is 10.9 Å². The van der Waals surface area contributed by atoms with E-state index in [0.717, 1.165) is 30.9 Å². The Morgan fingerprint density at radius 1 is 0.750 bits per heavy atom. The van der Waals surface area contributed by atoms with E-state index >= 15 is 0 Å². The van der Waals surface area contributed by atoms with Crippen molar-refractivity contribution in [1.82, 2.24) is 0 Å². The van der Waals surface area contributed by atoms with E-state index in [9.17, 15) is 30.3 Å². The van der Waals surface area contributed by atoms with Crippen molar-refractivity contribution < 1.29 is 29.9 Å². The van der Waals surface area contributed by atoms with Crippen LogP contribution in [-0.4, -0.2) is 25.5 Å². The molecule has 7 heteroatoms. The summed E-state index contributed by atoms with van der Waals surface area (Å²) >= 11 is 0. The molecule has 0 bridgehead atoms. The Morgan fingerprint density at radius 3 is 2.09 bits per heavy atom. The Hall–Kier alpha value is -3.35. The number of aromatic hydroxyl groups is 5. The van der Waals surface area contributed by atoms with Crippen LogP contribution in [0.2, 0.25) is 0 Å².